The van der Waals surface area contributed by atoms with Crippen molar-refractivity contribution in [2.45, 2.75) is 63.5 Å². The zero-order valence-corrected chi connectivity index (χ0v) is 10.6. The van der Waals surface area contributed by atoms with Crippen molar-refractivity contribution in [3.05, 3.63) is 0 Å². The predicted molar refractivity (Wildman–Crippen MR) is 65.5 cm³/mol. The second-order valence-corrected chi connectivity index (χ2v) is 5.04. The van der Waals surface area contributed by atoms with Gasteiger partial charge in [-0.3, -0.25) is 11.3 Å². The van der Waals surface area contributed by atoms with Gasteiger partial charge >= 0.3 is 0 Å². The van der Waals surface area contributed by atoms with Crippen LogP contribution < -0.4 is 11.3 Å². The van der Waals surface area contributed by atoms with Gasteiger partial charge in [0.15, 0.2) is 0 Å². The fourth-order valence-electron chi connectivity index (χ4n) is 3.10. The van der Waals surface area contributed by atoms with Gasteiger partial charge < -0.3 is 4.90 Å². The fourth-order valence-corrected chi connectivity index (χ4v) is 3.10. The second-order valence-electron chi connectivity index (χ2n) is 5.04. The van der Waals surface area contributed by atoms with E-state index in [4.69, 9.17) is 5.84 Å². The summed E-state index contributed by atoms with van der Waals surface area (Å²) < 4.78 is 0. The van der Waals surface area contributed by atoms with Crippen LogP contribution in [0.3, 0.4) is 0 Å². The summed E-state index contributed by atoms with van der Waals surface area (Å²) in [5.41, 5.74) is 3.31. The first-order valence-corrected chi connectivity index (χ1v) is 6.31. The summed E-state index contributed by atoms with van der Waals surface area (Å²) in [6, 6.07) is 0.422. The maximum absolute atomic E-state index is 5.71. The Hall–Kier alpha value is -0.120. The lowest BCUT2D eigenvalue weighted by Gasteiger charge is -2.45. The molecule has 0 aromatic rings. The van der Waals surface area contributed by atoms with Crippen LogP contribution in [0, 0.1) is 0 Å². The molecule has 1 aliphatic rings. The van der Waals surface area contributed by atoms with E-state index >= 15 is 0 Å². The van der Waals surface area contributed by atoms with Gasteiger partial charge in [0, 0.05) is 11.6 Å². The summed E-state index contributed by atoms with van der Waals surface area (Å²) in [5, 5.41) is 0. The standard InChI is InChI=1S/C12H27N3/c1-4-11(14-13)12(15(2)3)9-7-5-6-8-10-12/h11,14H,4-10,13H2,1-3H3. The van der Waals surface area contributed by atoms with Crippen LogP contribution in [0.15, 0.2) is 0 Å². The van der Waals surface area contributed by atoms with Crippen molar-refractivity contribution in [3.63, 3.8) is 0 Å². The van der Waals surface area contributed by atoms with Gasteiger partial charge in [0.1, 0.15) is 0 Å². The number of likely N-dealkylation sites (N-methyl/N-ethyl adjacent to an activating group) is 1. The first-order valence-electron chi connectivity index (χ1n) is 6.31. The van der Waals surface area contributed by atoms with E-state index in [1.54, 1.807) is 0 Å². The molecule has 3 N–H and O–H groups in total. The molecule has 0 amide bonds. The maximum Gasteiger partial charge on any atom is 0.0391 e. The van der Waals surface area contributed by atoms with Crippen LogP contribution in [0.5, 0.6) is 0 Å². The van der Waals surface area contributed by atoms with Crippen molar-refractivity contribution in [2.24, 2.45) is 5.84 Å². The van der Waals surface area contributed by atoms with Crippen LogP contribution in [0.4, 0.5) is 0 Å². The molecule has 90 valence electrons. The summed E-state index contributed by atoms with van der Waals surface area (Å²) in [6.45, 7) is 2.22. The average molecular weight is 213 g/mol. The molecular formula is C12H27N3. The van der Waals surface area contributed by atoms with E-state index < -0.39 is 0 Å². The zero-order valence-electron chi connectivity index (χ0n) is 10.6. The Morgan fingerprint density at radius 3 is 2.07 bits per heavy atom. The van der Waals surface area contributed by atoms with Gasteiger partial charge in [-0.1, -0.05) is 32.6 Å². The quantitative estimate of drug-likeness (QED) is 0.426. The van der Waals surface area contributed by atoms with Crippen LogP contribution in [-0.2, 0) is 0 Å². The number of nitrogens with two attached hydrogens (primary N) is 1. The minimum atomic E-state index is 0.278. The summed E-state index contributed by atoms with van der Waals surface area (Å²) in [7, 11) is 4.40. The number of nitrogens with one attached hydrogen (secondary N) is 1. The Bertz CT molecular complexity index is 168. The van der Waals surface area contributed by atoms with Crippen LogP contribution in [0.2, 0.25) is 0 Å². The Kier molecular flexibility index (Phi) is 5.03. The highest BCUT2D eigenvalue weighted by Gasteiger charge is 2.39. The van der Waals surface area contributed by atoms with E-state index in [2.05, 4.69) is 31.3 Å². The molecule has 0 spiro atoms. The molecule has 1 rings (SSSR count). The second kappa shape index (κ2) is 5.83. The Morgan fingerprint density at radius 1 is 1.20 bits per heavy atom. The summed E-state index contributed by atoms with van der Waals surface area (Å²) in [5.74, 6) is 5.71. The van der Waals surface area contributed by atoms with Crippen LogP contribution in [-0.4, -0.2) is 30.6 Å². The molecule has 3 nitrogen and oxygen atoms in total. The van der Waals surface area contributed by atoms with Gasteiger partial charge in [-0.05, 0) is 33.4 Å². The minimum absolute atomic E-state index is 0.278. The van der Waals surface area contributed by atoms with Crippen LogP contribution >= 0.6 is 0 Å². The Morgan fingerprint density at radius 2 is 1.73 bits per heavy atom. The van der Waals surface area contributed by atoms with E-state index in [-0.39, 0.29) is 5.54 Å². The number of nitrogens with zero attached hydrogens (tertiary/aromatic N) is 1. The number of hydrogen-bond donors (Lipinski definition) is 2. The van der Waals surface area contributed by atoms with Crippen molar-refractivity contribution in [1.82, 2.24) is 10.3 Å². The third kappa shape index (κ3) is 2.71. The summed E-state index contributed by atoms with van der Waals surface area (Å²) in [4.78, 5) is 2.40. The molecule has 1 fully saturated rings. The third-order valence-electron chi connectivity index (χ3n) is 4.12. The molecule has 0 heterocycles. The smallest absolute Gasteiger partial charge is 0.0391 e. The summed E-state index contributed by atoms with van der Waals surface area (Å²) >= 11 is 0. The van der Waals surface area contributed by atoms with Gasteiger partial charge in [0.2, 0.25) is 0 Å². The molecule has 3 heteroatoms. The highest BCUT2D eigenvalue weighted by Crippen LogP contribution is 2.34. The zero-order chi connectivity index (χ0) is 11.3. The van der Waals surface area contributed by atoms with Gasteiger partial charge in [-0.25, -0.2) is 0 Å². The molecule has 1 atom stereocenters. The van der Waals surface area contributed by atoms with Crippen molar-refractivity contribution in [2.75, 3.05) is 14.1 Å². The molecule has 1 unspecified atom stereocenters. The largest absolute Gasteiger partial charge is 0.302 e. The van der Waals surface area contributed by atoms with Crippen LogP contribution in [0.1, 0.15) is 51.9 Å². The Labute approximate surface area is 94.4 Å². The molecule has 1 saturated carbocycles. The van der Waals surface area contributed by atoms with Crippen molar-refractivity contribution >= 4 is 0 Å². The minimum Gasteiger partial charge on any atom is -0.302 e. The predicted octanol–water partition coefficient (Wildman–Crippen LogP) is 1.88. The third-order valence-corrected chi connectivity index (χ3v) is 4.12. The van der Waals surface area contributed by atoms with E-state index in [0.717, 1.165) is 6.42 Å². The van der Waals surface area contributed by atoms with E-state index in [1.807, 2.05) is 0 Å². The molecule has 0 saturated heterocycles. The molecular weight excluding hydrogens is 186 g/mol. The molecule has 1 aliphatic carbocycles. The lowest BCUT2D eigenvalue weighted by Crippen LogP contribution is -2.60. The SMILES string of the molecule is CCC(NN)C1(N(C)C)CCCCCC1. The first kappa shape index (κ1) is 12.9. The van der Waals surface area contributed by atoms with Gasteiger partial charge in [0.25, 0.3) is 0 Å². The normalized spacial score (nSPS) is 23.8. The van der Waals surface area contributed by atoms with E-state index in [9.17, 15) is 0 Å². The van der Waals surface area contributed by atoms with Gasteiger partial charge in [-0.2, -0.15) is 0 Å². The summed E-state index contributed by atoms with van der Waals surface area (Å²) in [6.07, 6.45) is 9.13. The molecule has 0 radical (unpaired) electrons. The van der Waals surface area contributed by atoms with Crippen molar-refractivity contribution in [1.29, 1.82) is 0 Å². The number of hydrogen-bond acceptors (Lipinski definition) is 3. The molecule has 0 aliphatic heterocycles. The van der Waals surface area contributed by atoms with Crippen molar-refractivity contribution < 1.29 is 0 Å². The topological polar surface area (TPSA) is 41.3 Å². The fraction of sp³-hybridized carbons (Fsp3) is 1.00. The first-order chi connectivity index (χ1) is 7.17. The monoisotopic (exact) mass is 213 g/mol. The average Bonchev–Trinajstić information content (AvgIpc) is 2.46. The van der Waals surface area contributed by atoms with Crippen LogP contribution in [0.25, 0.3) is 0 Å². The van der Waals surface area contributed by atoms with Crippen molar-refractivity contribution in [3.8, 4) is 0 Å². The molecule has 0 aromatic heterocycles. The lowest BCUT2D eigenvalue weighted by molar-refractivity contribution is 0.0784. The number of rotatable bonds is 4. The van der Waals surface area contributed by atoms with E-state index in [1.165, 1.54) is 38.5 Å². The Balaban J connectivity index is 2.83. The maximum atomic E-state index is 5.71. The lowest BCUT2D eigenvalue weighted by atomic mass is 9.80. The molecule has 0 aromatic carbocycles. The van der Waals surface area contributed by atoms with Gasteiger partial charge in [0.05, 0.1) is 0 Å². The highest BCUT2D eigenvalue weighted by atomic mass is 15.3. The highest BCUT2D eigenvalue weighted by molar-refractivity contribution is 4.98. The molecule has 0 bridgehead atoms. The van der Waals surface area contributed by atoms with Gasteiger partial charge in [-0.15, -0.1) is 0 Å². The van der Waals surface area contributed by atoms with E-state index in [0.29, 0.717) is 6.04 Å². The molecule has 15 heavy (non-hydrogen) atoms. The number of hydrazine groups is 1.